The molecule has 18 heavy (non-hydrogen) atoms. The molecule has 1 atom stereocenters. The van der Waals surface area contributed by atoms with E-state index in [1.54, 1.807) is 18.3 Å². The van der Waals surface area contributed by atoms with E-state index in [9.17, 15) is 0 Å². The normalized spacial score (nSPS) is 20.3. The predicted octanol–water partition coefficient (Wildman–Crippen LogP) is 1.34. The molecule has 1 fully saturated rings. The molecule has 1 aromatic heterocycles. The number of nitriles is 1. The maximum absolute atomic E-state index is 8.66. The molecule has 2 heterocycles. The number of nitrogens with zero attached hydrogens (tertiary/aromatic N) is 3. The number of hydrogen-bond donors (Lipinski definition) is 0. The second-order valence-corrected chi connectivity index (χ2v) is 4.39. The molecule has 0 aliphatic carbocycles. The average Bonchev–Trinajstić information content (AvgIpc) is 2.39. The van der Waals surface area contributed by atoms with Gasteiger partial charge in [0.15, 0.2) is 0 Å². The van der Waals surface area contributed by atoms with Gasteiger partial charge in [0.1, 0.15) is 17.7 Å². The topological polar surface area (TPSA) is 58.4 Å². The number of aromatic nitrogens is 1. The summed E-state index contributed by atoms with van der Waals surface area (Å²) in [6, 6.07) is 5.62. The van der Waals surface area contributed by atoms with Gasteiger partial charge in [-0.25, -0.2) is 4.98 Å². The highest BCUT2D eigenvalue weighted by Gasteiger charge is 2.21. The Hall–Kier alpha value is -1.35. The lowest BCUT2D eigenvalue weighted by molar-refractivity contribution is -0.0448. The first-order valence-electron chi connectivity index (χ1n) is 5.74. The second kappa shape index (κ2) is 6.55. The number of halogens is 1. The van der Waals surface area contributed by atoms with Gasteiger partial charge in [-0.15, -0.1) is 0 Å². The van der Waals surface area contributed by atoms with Crippen molar-refractivity contribution >= 4 is 11.6 Å². The van der Waals surface area contributed by atoms with E-state index in [1.165, 1.54) is 0 Å². The highest BCUT2D eigenvalue weighted by atomic mass is 35.5. The quantitative estimate of drug-likeness (QED) is 0.771. The van der Waals surface area contributed by atoms with Crippen LogP contribution in [-0.2, 0) is 4.74 Å². The van der Waals surface area contributed by atoms with Crippen LogP contribution in [0.15, 0.2) is 18.3 Å². The Bertz CT molecular complexity index is 436. The summed E-state index contributed by atoms with van der Waals surface area (Å²) in [6.45, 7) is 2.90. The van der Waals surface area contributed by atoms with Gasteiger partial charge in [-0.1, -0.05) is 11.6 Å². The highest BCUT2D eigenvalue weighted by molar-refractivity contribution is 6.31. The van der Waals surface area contributed by atoms with Gasteiger partial charge in [-0.2, -0.15) is 5.26 Å². The van der Waals surface area contributed by atoms with Crippen LogP contribution in [0.1, 0.15) is 0 Å². The Morgan fingerprint density at radius 2 is 2.56 bits per heavy atom. The van der Waals surface area contributed by atoms with Crippen molar-refractivity contribution in [3.8, 4) is 11.9 Å². The summed E-state index contributed by atoms with van der Waals surface area (Å²) in [5, 5.41) is 9.15. The fourth-order valence-corrected chi connectivity index (χ4v) is 1.95. The molecule has 0 radical (unpaired) electrons. The SMILES string of the molecule is N#CCN1CCO[C@H](COc2ncccc2Cl)C1. The Morgan fingerprint density at radius 1 is 1.67 bits per heavy atom. The van der Waals surface area contributed by atoms with E-state index in [4.69, 9.17) is 26.3 Å². The molecule has 0 amide bonds. The lowest BCUT2D eigenvalue weighted by Crippen LogP contribution is -2.45. The standard InChI is InChI=1S/C12H14ClN3O2/c13-11-2-1-4-15-12(11)18-9-10-8-16(5-3-14)6-7-17-10/h1-2,4,10H,5-9H2/t10-/m0/s1. The Balaban J connectivity index is 1.83. The zero-order valence-corrected chi connectivity index (χ0v) is 10.6. The van der Waals surface area contributed by atoms with Gasteiger partial charge in [-0.3, -0.25) is 4.90 Å². The molecule has 0 N–H and O–H groups in total. The van der Waals surface area contributed by atoms with Crippen LogP contribution in [0, 0.1) is 11.3 Å². The Kier molecular flexibility index (Phi) is 4.76. The van der Waals surface area contributed by atoms with Crippen molar-refractivity contribution in [2.75, 3.05) is 32.8 Å². The van der Waals surface area contributed by atoms with E-state index in [1.807, 2.05) is 4.90 Å². The van der Waals surface area contributed by atoms with Gasteiger partial charge in [0.05, 0.1) is 19.2 Å². The first kappa shape index (κ1) is 13.1. The zero-order chi connectivity index (χ0) is 12.8. The van der Waals surface area contributed by atoms with Crippen molar-refractivity contribution in [3.05, 3.63) is 23.4 Å². The minimum atomic E-state index is -0.0508. The van der Waals surface area contributed by atoms with Crippen LogP contribution in [0.4, 0.5) is 0 Å². The van der Waals surface area contributed by atoms with Gasteiger partial charge in [0.25, 0.3) is 0 Å². The molecular formula is C12H14ClN3O2. The van der Waals surface area contributed by atoms with Crippen LogP contribution in [-0.4, -0.2) is 48.8 Å². The van der Waals surface area contributed by atoms with E-state index in [0.29, 0.717) is 37.2 Å². The molecule has 0 bridgehead atoms. The highest BCUT2D eigenvalue weighted by Crippen LogP contribution is 2.20. The first-order valence-corrected chi connectivity index (χ1v) is 6.11. The monoisotopic (exact) mass is 267 g/mol. The lowest BCUT2D eigenvalue weighted by Gasteiger charge is -2.30. The molecular weight excluding hydrogens is 254 g/mol. The van der Waals surface area contributed by atoms with Gasteiger partial charge in [-0.05, 0) is 12.1 Å². The van der Waals surface area contributed by atoms with Crippen molar-refractivity contribution in [2.45, 2.75) is 6.10 Å². The number of pyridine rings is 1. The van der Waals surface area contributed by atoms with Crippen molar-refractivity contribution in [3.63, 3.8) is 0 Å². The smallest absolute Gasteiger partial charge is 0.232 e. The second-order valence-electron chi connectivity index (χ2n) is 3.99. The molecule has 1 aliphatic rings. The van der Waals surface area contributed by atoms with Gasteiger partial charge < -0.3 is 9.47 Å². The Labute approximate surface area is 111 Å². The summed E-state index contributed by atoms with van der Waals surface area (Å²) < 4.78 is 11.1. The van der Waals surface area contributed by atoms with Gasteiger partial charge in [0.2, 0.25) is 5.88 Å². The summed E-state index contributed by atoms with van der Waals surface area (Å²) >= 11 is 5.94. The van der Waals surface area contributed by atoms with Crippen molar-refractivity contribution in [1.82, 2.24) is 9.88 Å². The van der Waals surface area contributed by atoms with Gasteiger partial charge >= 0.3 is 0 Å². The molecule has 1 aromatic rings. The van der Waals surface area contributed by atoms with Crippen molar-refractivity contribution < 1.29 is 9.47 Å². The summed E-state index contributed by atoms with van der Waals surface area (Å²) in [5.41, 5.74) is 0. The summed E-state index contributed by atoms with van der Waals surface area (Å²) in [5.74, 6) is 0.417. The van der Waals surface area contributed by atoms with Crippen LogP contribution in [0.5, 0.6) is 5.88 Å². The third-order valence-corrected chi connectivity index (χ3v) is 2.94. The molecule has 0 unspecified atom stereocenters. The van der Waals surface area contributed by atoms with E-state index in [0.717, 1.165) is 6.54 Å². The number of morpholine rings is 1. The van der Waals surface area contributed by atoms with E-state index >= 15 is 0 Å². The molecule has 2 rings (SSSR count). The molecule has 0 saturated carbocycles. The summed E-state index contributed by atoms with van der Waals surface area (Å²) in [6.07, 6.45) is 1.58. The van der Waals surface area contributed by atoms with E-state index in [2.05, 4.69) is 11.1 Å². The largest absolute Gasteiger partial charge is 0.474 e. The van der Waals surface area contributed by atoms with E-state index in [-0.39, 0.29) is 6.10 Å². The third kappa shape index (κ3) is 3.57. The Morgan fingerprint density at radius 3 is 3.33 bits per heavy atom. The van der Waals surface area contributed by atoms with Crippen LogP contribution in [0.3, 0.4) is 0 Å². The molecule has 1 aliphatic heterocycles. The number of hydrogen-bond acceptors (Lipinski definition) is 5. The fourth-order valence-electron chi connectivity index (χ4n) is 1.77. The van der Waals surface area contributed by atoms with Crippen LogP contribution < -0.4 is 4.74 Å². The zero-order valence-electron chi connectivity index (χ0n) is 9.88. The summed E-state index contributed by atoms with van der Waals surface area (Å²) in [4.78, 5) is 6.08. The van der Waals surface area contributed by atoms with Crippen molar-refractivity contribution in [1.29, 1.82) is 5.26 Å². The molecule has 5 nitrogen and oxygen atoms in total. The minimum Gasteiger partial charge on any atom is -0.474 e. The molecule has 6 heteroatoms. The van der Waals surface area contributed by atoms with Crippen LogP contribution in [0.2, 0.25) is 5.02 Å². The maximum atomic E-state index is 8.66. The average molecular weight is 268 g/mol. The van der Waals surface area contributed by atoms with Crippen LogP contribution >= 0.6 is 11.6 Å². The van der Waals surface area contributed by atoms with E-state index < -0.39 is 0 Å². The number of rotatable bonds is 4. The molecule has 0 aromatic carbocycles. The van der Waals surface area contributed by atoms with Gasteiger partial charge in [0, 0.05) is 19.3 Å². The lowest BCUT2D eigenvalue weighted by atomic mass is 10.3. The van der Waals surface area contributed by atoms with Crippen molar-refractivity contribution in [2.24, 2.45) is 0 Å². The minimum absolute atomic E-state index is 0.0508. The predicted molar refractivity (Wildman–Crippen MR) is 66.5 cm³/mol. The fraction of sp³-hybridized carbons (Fsp3) is 0.500. The third-order valence-electron chi connectivity index (χ3n) is 2.65. The van der Waals surface area contributed by atoms with Crippen LogP contribution in [0.25, 0.3) is 0 Å². The first-order chi connectivity index (χ1) is 8.79. The molecule has 0 spiro atoms. The summed E-state index contributed by atoms with van der Waals surface area (Å²) in [7, 11) is 0. The molecule has 96 valence electrons. The number of ether oxygens (including phenoxy) is 2. The molecule has 1 saturated heterocycles. The maximum Gasteiger partial charge on any atom is 0.232 e.